The Balaban J connectivity index is 2.72. The number of nitro benzene ring substituents is 2. The van der Waals surface area contributed by atoms with Gasteiger partial charge in [-0.25, -0.2) is 5.10 Å². The van der Waals surface area contributed by atoms with E-state index in [9.17, 15) is 20.2 Å². The van der Waals surface area contributed by atoms with Gasteiger partial charge in [-0.3, -0.25) is 20.2 Å². The van der Waals surface area contributed by atoms with Crippen molar-refractivity contribution in [2.45, 2.75) is 0 Å². The van der Waals surface area contributed by atoms with Gasteiger partial charge in [-0.05, 0) is 16.5 Å². The molecule has 86 valence electrons. The van der Waals surface area contributed by atoms with Crippen LogP contribution < -0.4 is 0 Å². The molecule has 0 saturated heterocycles. The Morgan fingerprint density at radius 3 is 2.47 bits per heavy atom. The van der Waals surface area contributed by atoms with E-state index in [4.69, 9.17) is 0 Å². The normalized spacial score (nSPS) is 10.1. The fraction of sp³-hybridized carbons (Fsp3) is 0. The molecule has 17 heavy (non-hydrogen) atoms. The number of nitro groups is 2. The average molecular weight is 236 g/mol. The maximum absolute atomic E-state index is 10.9. The summed E-state index contributed by atoms with van der Waals surface area (Å²) in [5.74, 6) is 0.000370. The highest BCUT2D eigenvalue weighted by molar-refractivity contribution is 5.74. The molecule has 10 heteroatoms. The number of rotatable bonds is 3. The van der Waals surface area contributed by atoms with Gasteiger partial charge in [-0.2, -0.15) is 0 Å². The van der Waals surface area contributed by atoms with Crippen LogP contribution in [0.25, 0.3) is 11.4 Å². The van der Waals surface area contributed by atoms with Crippen LogP contribution in [0.3, 0.4) is 0 Å². The van der Waals surface area contributed by atoms with Crippen LogP contribution in [0.1, 0.15) is 0 Å². The number of aromatic amines is 1. The minimum Gasteiger partial charge on any atom is -0.258 e. The van der Waals surface area contributed by atoms with Gasteiger partial charge in [0.15, 0.2) is 5.82 Å². The first kappa shape index (κ1) is 10.6. The maximum atomic E-state index is 10.9. The van der Waals surface area contributed by atoms with Gasteiger partial charge in [-0.1, -0.05) is 6.07 Å². The summed E-state index contributed by atoms with van der Waals surface area (Å²) in [6.45, 7) is 0. The minimum atomic E-state index is -0.837. The predicted molar refractivity (Wildman–Crippen MR) is 52.9 cm³/mol. The molecule has 0 bridgehead atoms. The Hall–Kier alpha value is -2.91. The van der Waals surface area contributed by atoms with Crippen molar-refractivity contribution in [1.29, 1.82) is 0 Å². The predicted octanol–water partition coefficient (Wildman–Crippen LogP) is 0.683. The molecule has 10 nitrogen and oxygen atoms in total. The van der Waals surface area contributed by atoms with Crippen LogP contribution in [0.5, 0.6) is 0 Å². The standard InChI is InChI=1S/C7H4N6O4/c14-12(15)5-3-1-2-4(6(5)13(16)17)7-8-10-11-9-7/h1-3H,(H,8,9,10,11). The lowest BCUT2D eigenvalue weighted by atomic mass is 10.1. The Labute approximate surface area is 92.6 Å². The number of H-pyrrole nitrogens is 1. The summed E-state index contributed by atoms with van der Waals surface area (Å²) >= 11 is 0. The zero-order valence-electron chi connectivity index (χ0n) is 8.10. The number of tetrazole rings is 1. The first-order chi connectivity index (χ1) is 8.11. The van der Waals surface area contributed by atoms with Crippen molar-refractivity contribution in [2.24, 2.45) is 0 Å². The van der Waals surface area contributed by atoms with E-state index in [1.54, 1.807) is 0 Å². The number of aromatic nitrogens is 4. The molecule has 0 amide bonds. The van der Waals surface area contributed by atoms with E-state index in [-0.39, 0.29) is 11.4 Å². The first-order valence-corrected chi connectivity index (χ1v) is 4.27. The second-order valence-electron chi connectivity index (χ2n) is 2.94. The molecule has 0 aliphatic carbocycles. The van der Waals surface area contributed by atoms with Crippen LogP contribution in [-0.4, -0.2) is 30.5 Å². The van der Waals surface area contributed by atoms with E-state index < -0.39 is 21.2 Å². The van der Waals surface area contributed by atoms with E-state index in [0.29, 0.717) is 0 Å². The summed E-state index contributed by atoms with van der Waals surface area (Å²) < 4.78 is 0. The van der Waals surface area contributed by atoms with Crippen molar-refractivity contribution in [3.05, 3.63) is 38.4 Å². The van der Waals surface area contributed by atoms with Gasteiger partial charge < -0.3 is 0 Å². The van der Waals surface area contributed by atoms with Gasteiger partial charge in [0, 0.05) is 6.07 Å². The Bertz CT molecular complexity index is 580. The molecule has 0 atom stereocenters. The molecule has 0 radical (unpaired) electrons. The number of nitrogens with zero attached hydrogens (tertiary/aromatic N) is 5. The van der Waals surface area contributed by atoms with Crippen LogP contribution in [0, 0.1) is 20.2 Å². The Kier molecular flexibility index (Phi) is 2.45. The van der Waals surface area contributed by atoms with E-state index in [1.165, 1.54) is 12.1 Å². The van der Waals surface area contributed by atoms with E-state index in [2.05, 4.69) is 20.6 Å². The van der Waals surface area contributed by atoms with Crippen LogP contribution in [-0.2, 0) is 0 Å². The number of hydrogen-bond donors (Lipinski definition) is 1. The summed E-state index contributed by atoms with van der Waals surface area (Å²) in [5.41, 5.74) is -1.28. The Morgan fingerprint density at radius 1 is 1.18 bits per heavy atom. The van der Waals surface area contributed by atoms with Crippen molar-refractivity contribution in [3.63, 3.8) is 0 Å². The van der Waals surface area contributed by atoms with Gasteiger partial charge in [0.1, 0.15) is 5.56 Å². The molecule has 0 spiro atoms. The quantitative estimate of drug-likeness (QED) is 0.609. The average Bonchev–Trinajstić information content (AvgIpc) is 2.81. The van der Waals surface area contributed by atoms with Gasteiger partial charge in [0.05, 0.1) is 9.85 Å². The van der Waals surface area contributed by atoms with E-state index >= 15 is 0 Å². The van der Waals surface area contributed by atoms with Crippen LogP contribution in [0.2, 0.25) is 0 Å². The maximum Gasteiger partial charge on any atom is 0.357 e. The molecule has 1 heterocycles. The summed E-state index contributed by atoms with van der Waals surface area (Å²) in [6, 6.07) is 3.70. The highest BCUT2D eigenvalue weighted by Gasteiger charge is 2.30. The molecule has 2 aromatic rings. The molecule has 2 rings (SSSR count). The summed E-state index contributed by atoms with van der Waals surface area (Å²) in [4.78, 5) is 19.9. The Morgan fingerprint density at radius 2 is 1.94 bits per heavy atom. The van der Waals surface area contributed by atoms with Crippen LogP contribution >= 0.6 is 0 Å². The molecule has 0 fully saturated rings. The fourth-order valence-electron chi connectivity index (χ4n) is 1.33. The lowest BCUT2D eigenvalue weighted by molar-refractivity contribution is -0.422. The number of nitrogens with one attached hydrogen (secondary N) is 1. The van der Waals surface area contributed by atoms with Crippen molar-refractivity contribution >= 4 is 11.4 Å². The highest BCUT2D eigenvalue weighted by Crippen LogP contribution is 2.35. The zero-order chi connectivity index (χ0) is 12.4. The molecule has 1 N–H and O–H groups in total. The lowest BCUT2D eigenvalue weighted by Crippen LogP contribution is -1.99. The lowest BCUT2D eigenvalue weighted by Gasteiger charge is -1.98. The smallest absolute Gasteiger partial charge is 0.258 e. The third kappa shape index (κ3) is 1.78. The van der Waals surface area contributed by atoms with Gasteiger partial charge in [0.2, 0.25) is 0 Å². The van der Waals surface area contributed by atoms with Crippen molar-refractivity contribution < 1.29 is 9.85 Å². The van der Waals surface area contributed by atoms with Crippen molar-refractivity contribution in [3.8, 4) is 11.4 Å². The SMILES string of the molecule is O=[N+]([O-])c1cccc(-c2nnn[nH]2)c1[N+](=O)[O-]. The minimum absolute atomic E-state index is 0.000370. The number of benzene rings is 1. The molecule has 0 aliphatic rings. The molecule has 0 aliphatic heterocycles. The molecule has 1 aromatic heterocycles. The van der Waals surface area contributed by atoms with E-state index in [1.807, 2.05) is 0 Å². The van der Waals surface area contributed by atoms with Crippen LogP contribution in [0.15, 0.2) is 18.2 Å². The fourth-order valence-corrected chi connectivity index (χ4v) is 1.33. The molecule has 0 saturated carbocycles. The van der Waals surface area contributed by atoms with Gasteiger partial charge >= 0.3 is 11.4 Å². The number of para-hydroxylation sites is 1. The largest absolute Gasteiger partial charge is 0.357 e. The van der Waals surface area contributed by atoms with Gasteiger partial charge in [-0.15, -0.1) is 5.10 Å². The highest BCUT2D eigenvalue weighted by atomic mass is 16.6. The van der Waals surface area contributed by atoms with E-state index in [0.717, 1.165) is 6.07 Å². The van der Waals surface area contributed by atoms with Crippen molar-refractivity contribution in [1.82, 2.24) is 20.6 Å². The monoisotopic (exact) mass is 236 g/mol. The molecule has 0 unspecified atom stereocenters. The van der Waals surface area contributed by atoms with Gasteiger partial charge in [0.25, 0.3) is 0 Å². The topological polar surface area (TPSA) is 141 Å². The molecular formula is C7H4N6O4. The summed E-state index contributed by atoms with van der Waals surface area (Å²) in [6.07, 6.45) is 0. The second-order valence-corrected chi connectivity index (χ2v) is 2.94. The van der Waals surface area contributed by atoms with Crippen LogP contribution in [0.4, 0.5) is 11.4 Å². The first-order valence-electron chi connectivity index (χ1n) is 4.27. The third-order valence-corrected chi connectivity index (χ3v) is 1.99. The summed E-state index contributed by atoms with van der Waals surface area (Å²) in [5, 5.41) is 33.9. The third-order valence-electron chi connectivity index (χ3n) is 1.99. The zero-order valence-corrected chi connectivity index (χ0v) is 8.10. The van der Waals surface area contributed by atoms with Crippen molar-refractivity contribution in [2.75, 3.05) is 0 Å². The second kappa shape index (κ2) is 3.92. The molecular weight excluding hydrogens is 232 g/mol. The summed E-state index contributed by atoms with van der Waals surface area (Å²) in [7, 11) is 0. The molecule has 1 aromatic carbocycles. The number of hydrogen-bond acceptors (Lipinski definition) is 7.